The third kappa shape index (κ3) is 6.95. The van der Waals surface area contributed by atoms with Crippen LogP contribution in [-0.4, -0.2) is 22.2 Å². The Morgan fingerprint density at radius 1 is 1.24 bits per heavy atom. The molecule has 0 amide bonds. The number of nitrogens with zero attached hydrogens (tertiary/aromatic N) is 2. The van der Waals surface area contributed by atoms with E-state index in [-0.39, 0.29) is 25.1 Å². The SMILES string of the molecule is CC(C)CCc1noc(COC(=O)Cc2cccc(OC(C)C)c2)n1. The molecule has 1 aromatic carbocycles. The largest absolute Gasteiger partial charge is 0.491 e. The fourth-order valence-electron chi connectivity index (χ4n) is 2.23. The molecule has 0 spiro atoms. The van der Waals surface area contributed by atoms with Gasteiger partial charge in [0.1, 0.15) is 5.75 Å². The van der Waals surface area contributed by atoms with E-state index in [4.69, 9.17) is 14.0 Å². The maximum Gasteiger partial charge on any atom is 0.310 e. The molecule has 2 aromatic rings. The van der Waals surface area contributed by atoms with Gasteiger partial charge in [0.2, 0.25) is 0 Å². The Morgan fingerprint density at radius 2 is 2.04 bits per heavy atom. The molecule has 0 bridgehead atoms. The second kappa shape index (κ2) is 9.20. The van der Waals surface area contributed by atoms with E-state index in [0.29, 0.717) is 17.6 Å². The van der Waals surface area contributed by atoms with Gasteiger partial charge in [-0.3, -0.25) is 4.79 Å². The molecular formula is C19H26N2O4. The number of hydrogen-bond donors (Lipinski definition) is 0. The molecule has 0 aliphatic rings. The highest BCUT2D eigenvalue weighted by Crippen LogP contribution is 2.16. The van der Waals surface area contributed by atoms with E-state index in [1.807, 2.05) is 38.1 Å². The van der Waals surface area contributed by atoms with Crippen molar-refractivity contribution in [2.45, 2.75) is 59.7 Å². The average molecular weight is 346 g/mol. The fourth-order valence-corrected chi connectivity index (χ4v) is 2.23. The topological polar surface area (TPSA) is 74.5 Å². The Labute approximate surface area is 148 Å². The molecule has 1 aromatic heterocycles. The summed E-state index contributed by atoms with van der Waals surface area (Å²) < 4.78 is 15.9. The molecule has 0 saturated heterocycles. The first-order valence-electron chi connectivity index (χ1n) is 8.65. The molecular weight excluding hydrogens is 320 g/mol. The predicted octanol–water partition coefficient (Wildman–Crippen LogP) is 3.73. The molecule has 0 N–H and O–H groups in total. The lowest BCUT2D eigenvalue weighted by molar-refractivity contribution is -0.144. The van der Waals surface area contributed by atoms with Crippen LogP contribution in [0.1, 0.15) is 51.4 Å². The Hall–Kier alpha value is -2.37. The van der Waals surface area contributed by atoms with Crippen LogP contribution in [0.3, 0.4) is 0 Å². The summed E-state index contributed by atoms with van der Waals surface area (Å²) >= 11 is 0. The lowest BCUT2D eigenvalue weighted by Gasteiger charge is -2.10. The van der Waals surface area contributed by atoms with Crippen LogP contribution < -0.4 is 4.74 Å². The molecule has 0 saturated carbocycles. The van der Waals surface area contributed by atoms with Crippen LogP contribution in [0.25, 0.3) is 0 Å². The Morgan fingerprint density at radius 3 is 2.76 bits per heavy atom. The highest BCUT2D eigenvalue weighted by molar-refractivity contribution is 5.72. The van der Waals surface area contributed by atoms with Crippen molar-refractivity contribution in [1.29, 1.82) is 0 Å². The highest BCUT2D eigenvalue weighted by Gasteiger charge is 2.11. The number of carbonyl (C=O) groups excluding carboxylic acids is 1. The number of aryl methyl sites for hydroxylation is 1. The second-order valence-corrected chi connectivity index (χ2v) is 6.69. The third-order valence-corrected chi connectivity index (χ3v) is 3.43. The van der Waals surface area contributed by atoms with E-state index < -0.39 is 0 Å². The molecule has 0 unspecified atom stereocenters. The van der Waals surface area contributed by atoms with E-state index in [9.17, 15) is 4.79 Å². The summed E-state index contributed by atoms with van der Waals surface area (Å²) in [7, 11) is 0. The maximum absolute atomic E-state index is 12.0. The summed E-state index contributed by atoms with van der Waals surface area (Å²) in [5.74, 6) is 1.95. The monoisotopic (exact) mass is 346 g/mol. The summed E-state index contributed by atoms with van der Waals surface area (Å²) in [6.07, 6.45) is 2.01. The van der Waals surface area contributed by atoms with Crippen molar-refractivity contribution in [1.82, 2.24) is 10.1 Å². The van der Waals surface area contributed by atoms with Gasteiger partial charge in [0.25, 0.3) is 5.89 Å². The minimum Gasteiger partial charge on any atom is -0.491 e. The van der Waals surface area contributed by atoms with Crippen LogP contribution in [0, 0.1) is 5.92 Å². The molecule has 2 rings (SSSR count). The first-order valence-corrected chi connectivity index (χ1v) is 8.65. The molecule has 25 heavy (non-hydrogen) atoms. The maximum atomic E-state index is 12.0. The zero-order chi connectivity index (χ0) is 18.2. The zero-order valence-corrected chi connectivity index (χ0v) is 15.3. The molecule has 1 heterocycles. The number of hydrogen-bond acceptors (Lipinski definition) is 6. The minimum absolute atomic E-state index is 0.00427. The van der Waals surface area contributed by atoms with Gasteiger partial charge in [-0.05, 0) is 43.9 Å². The van der Waals surface area contributed by atoms with E-state index in [1.54, 1.807) is 0 Å². The molecule has 0 atom stereocenters. The second-order valence-electron chi connectivity index (χ2n) is 6.69. The van der Waals surface area contributed by atoms with Gasteiger partial charge in [-0.25, -0.2) is 0 Å². The summed E-state index contributed by atoms with van der Waals surface area (Å²) in [6, 6.07) is 7.44. The summed E-state index contributed by atoms with van der Waals surface area (Å²) in [4.78, 5) is 16.2. The summed E-state index contributed by atoms with van der Waals surface area (Å²) in [5, 5.41) is 3.90. The fraction of sp³-hybridized carbons (Fsp3) is 0.526. The zero-order valence-electron chi connectivity index (χ0n) is 15.3. The Balaban J connectivity index is 1.81. The molecule has 0 aliphatic carbocycles. The number of rotatable bonds is 9. The number of benzene rings is 1. The third-order valence-electron chi connectivity index (χ3n) is 3.43. The molecule has 0 aliphatic heterocycles. The van der Waals surface area contributed by atoms with E-state index in [0.717, 1.165) is 24.2 Å². The van der Waals surface area contributed by atoms with Gasteiger partial charge in [-0.2, -0.15) is 4.98 Å². The van der Waals surface area contributed by atoms with E-state index in [2.05, 4.69) is 24.0 Å². The van der Waals surface area contributed by atoms with E-state index >= 15 is 0 Å². The van der Waals surface area contributed by atoms with Crippen molar-refractivity contribution in [2.24, 2.45) is 5.92 Å². The standard InChI is InChI=1S/C19H26N2O4/c1-13(2)8-9-17-20-18(25-21-17)12-23-19(22)11-15-6-5-7-16(10-15)24-14(3)4/h5-7,10,13-14H,8-9,11-12H2,1-4H3. The van der Waals surface area contributed by atoms with Gasteiger partial charge in [-0.1, -0.05) is 31.1 Å². The van der Waals surface area contributed by atoms with Gasteiger partial charge in [0.05, 0.1) is 12.5 Å². The lowest BCUT2D eigenvalue weighted by Crippen LogP contribution is -2.09. The van der Waals surface area contributed by atoms with Crippen LogP contribution in [0.5, 0.6) is 5.75 Å². The molecule has 6 nitrogen and oxygen atoms in total. The van der Waals surface area contributed by atoms with Gasteiger partial charge in [0.15, 0.2) is 12.4 Å². The van der Waals surface area contributed by atoms with Gasteiger partial charge < -0.3 is 14.0 Å². The van der Waals surface area contributed by atoms with Crippen molar-refractivity contribution >= 4 is 5.97 Å². The summed E-state index contributed by atoms with van der Waals surface area (Å²) in [5.41, 5.74) is 0.839. The van der Waals surface area contributed by atoms with Crippen LogP contribution in [0.15, 0.2) is 28.8 Å². The first-order chi connectivity index (χ1) is 11.9. The van der Waals surface area contributed by atoms with Crippen molar-refractivity contribution in [2.75, 3.05) is 0 Å². The van der Waals surface area contributed by atoms with Crippen LogP contribution >= 0.6 is 0 Å². The smallest absolute Gasteiger partial charge is 0.310 e. The Kier molecular flexibility index (Phi) is 6.98. The molecule has 0 fully saturated rings. The molecule has 0 radical (unpaired) electrons. The number of carbonyl (C=O) groups is 1. The Bertz CT molecular complexity index is 680. The van der Waals surface area contributed by atoms with Crippen molar-refractivity contribution in [3.8, 4) is 5.75 Å². The number of esters is 1. The first kappa shape index (κ1) is 19.0. The minimum atomic E-state index is -0.344. The van der Waals surface area contributed by atoms with Crippen LogP contribution in [0.2, 0.25) is 0 Å². The van der Waals surface area contributed by atoms with Crippen LogP contribution in [-0.2, 0) is 29.0 Å². The number of aromatic nitrogens is 2. The van der Waals surface area contributed by atoms with Gasteiger partial charge >= 0.3 is 5.97 Å². The number of ether oxygens (including phenoxy) is 2. The van der Waals surface area contributed by atoms with Crippen LogP contribution in [0.4, 0.5) is 0 Å². The summed E-state index contributed by atoms with van der Waals surface area (Å²) in [6.45, 7) is 8.20. The predicted molar refractivity (Wildman–Crippen MR) is 93.2 cm³/mol. The van der Waals surface area contributed by atoms with Gasteiger partial charge in [0, 0.05) is 6.42 Å². The van der Waals surface area contributed by atoms with Crippen molar-refractivity contribution < 1.29 is 18.8 Å². The highest BCUT2D eigenvalue weighted by atomic mass is 16.6. The molecule has 136 valence electrons. The lowest BCUT2D eigenvalue weighted by atomic mass is 10.1. The molecule has 6 heteroatoms. The normalized spacial score (nSPS) is 11.1. The van der Waals surface area contributed by atoms with Gasteiger partial charge in [-0.15, -0.1) is 0 Å². The van der Waals surface area contributed by atoms with Crippen molar-refractivity contribution in [3.05, 3.63) is 41.5 Å². The van der Waals surface area contributed by atoms with Crippen molar-refractivity contribution in [3.63, 3.8) is 0 Å². The average Bonchev–Trinajstić information content (AvgIpc) is 2.98. The quantitative estimate of drug-likeness (QED) is 0.644. The van der Waals surface area contributed by atoms with E-state index in [1.165, 1.54) is 0 Å².